The molecule has 4 rings (SSSR count). The summed E-state index contributed by atoms with van der Waals surface area (Å²) in [4.78, 5) is 24.7. The summed E-state index contributed by atoms with van der Waals surface area (Å²) in [5.74, 6) is 1.32. The van der Waals surface area contributed by atoms with E-state index in [1.807, 2.05) is 44.2 Å². The van der Waals surface area contributed by atoms with Crippen LogP contribution < -0.4 is 15.4 Å². The number of benzene rings is 2. The molecule has 0 saturated carbocycles. The Kier molecular flexibility index (Phi) is 7.94. The van der Waals surface area contributed by atoms with Gasteiger partial charge >= 0.3 is 0 Å². The van der Waals surface area contributed by atoms with Crippen molar-refractivity contribution in [2.24, 2.45) is 0 Å². The minimum atomic E-state index is -0.137. The van der Waals surface area contributed by atoms with E-state index >= 15 is 0 Å². The number of hydrogen-bond acceptors (Lipinski definition) is 7. The Bertz CT molecular complexity index is 1310. The average Bonchev–Trinajstić information content (AvgIpc) is 3.27. The van der Waals surface area contributed by atoms with E-state index in [0.717, 1.165) is 11.3 Å². The second-order valence-corrected chi connectivity index (χ2v) is 8.72. The molecule has 9 nitrogen and oxygen atoms in total. The Morgan fingerprint density at radius 3 is 2.51 bits per heavy atom. The van der Waals surface area contributed by atoms with Crippen LogP contribution in [0.4, 0.5) is 5.69 Å². The van der Waals surface area contributed by atoms with Crippen LogP contribution in [0.25, 0.3) is 5.65 Å². The molecular weight excluding hydrogens is 464 g/mol. The topological polar surface area (TPSA) is 111 Å². The number of hydrogen-bond donors (Lipinski definition) is 2. The van der Waals surface area contributed by atoms with Gasteiger partial charge in [-0.15, -0.1) is 10.2 Å². The maximum atomic E-state index is 12.4. The van der Waals surface area contributed by atoms with Crippen molar-refractivity contribution in [3.63, 3.8) is 0 Å². The van der Waals surface area contributed by atoms with Gasteiger partial charge < -0.3 is 15.4 Å². The van der Waals surface area contributed by atoms with Crippen molar-refractivity contribution in [1.82, 2.24) is 25.1 Å². The van der Waals surface area contributed by atoms with Gasteiger partial charge in [0.15, 0.2) is 11.5 Å². The fraction of sp³-hybridized carbons (Fsp3) is 0.240. The number of ether oxygens (including phenoxy) is 1. The normalized spacial score (nSPS) is 10.8. The molecule has 2 N–H and O–H groups in total. The van der Waals surface area contributed by atoms with Crippen LogP contribution in [0.1, 0.15) is 28.7 Å². The lowest BCUT2D eigenvalue weighted by Gasteiger charge is -2.07. The van der Waals surface area contributed by atoms with Crippen LogP contribution in [0.2, 0.25) is 0 Å². The molecule has 0 atom stereocenters. The molecule has 2 heterocycles. The van der Waals surface area contributed by atoms with E-state index in [9.17, 15) is 9.59 Å². The Labute approximate surface area is 207 Å². The second kappa shape index (κ2) is 11.5. The van der Waals surface area contributed by atoms with Crippen LogP contribution in [0.5, 0.6) is 5.75 Å². The molecule has 0 saturated heterocycles. The largest absolute Gasteiger partial charge is 0.494 e. The van der Waals surface area contributed by atoms with E-state index in [1.165, 1.54) is 11.8 Å². The number of nitrogens with zero attached hydrogens (tertiary/aromatic N) is 4. The zero-order chi connectivity index (χ0) is 24.6. The molecule has 0 aliphatic heterocycles. The molecule has 0 aliphatic carbocycles. The predicted octanol–water partition coefficient (Wildman–Crippen LogP) is 3.53. The van der Waals surface area contributed by atoms with E-state index in [0.29, 0.717) is 47.3 Å². The number of aromatic nitrogens is 4. The zero-order valence-electron chi connectivity index (χ0n) is 19.5. The first kappa shape index (κ1) is 24.2. The number of rotatable bonds is 10. The van der Waals surface area contributed by atoms with E-state index in [1.54, 1.807) is 34.8 Å². The minimum Gasteiger partial charge on any atom is -0.494 e. The van der Waals surface area contributed by atoms with Gasteiger partial charge in [-0.05, 0) is 62.4 Å². The number of thioether (sulfide) groups is 1. The SMILES string of the molecule is CCOc1ccc(NC(=O)CSc2ccc3nnc(CCNC(=O)c4ccc(C)cc4)n3n2)cc1. The number of carbonyl (C=O) groups is 2. The van der Waals surface area contributed by atoms with E-state index < -0.39 is 0 Å². The molecule has 2 amide bonds. The molecule has 0 radical (unpaired) electrons. The molecule has 4 aromatic rings. The van der Waals surface area contributed by atoms with Gasteiger partial charge in [0.25, 0.3) is 5.91 Å². The maximum Gasteiger partial charge on any atom is 0.251 e. The first-order valence-corrected chi connectivity index (χ1v) is 12.2. The highest BCUT2D eigenvalue weighted by molar-refractivity contribution is 7.99. The van der Waals surface area contributed by atoms with E-state index in [2.05, 4.69) is 25.9 Å². The number of amides is 2. The van der Waals surface area contributed by atoms with E-state index in [4.69, 9.17) is 4.74 Å². The quantitative estimate of drug-likeness (QED) is 0.327. The Morgan fingerprint density at radius 1 is 1.00 bits per heavy atom. The Hall–Kier alpha value is -3.92. The van der Waals surface area contributed by atoms with Crippen molar-refractivity contribution in [1.29, 1.82) is 0 Å². The first-order valence-electron chi connectivity index (χ1n) is 11.2. The van der Waals surface area contributed by atoms with Crippen molar-refractivity contribution >= 4 is 34.9 Å². The summed E-state index contributed by atoms with van der Waals surface area (Å²) < 4.78 is 7.05. The second-order valence-electron chi connectivity index (χ2n) is 7.72. The Balaban J connectivity index is 1.30. The number of carbonyl (C=O) groups excluding carboxylic acids is 2. The van der Waals surface area contributed by atoms with Crippen molar-refractivity contribution in [3.8, 4) is 5.75 Å². The fourth-order valence-corrected chi connectivity index (χ4v) is 3.94. The summed E-state index contributed by atoms with van der Waals surface area (Å²) in [6, 6.07) is 18.3. The number of anilines is 1. The maximum absolute atomic E-state index is 12.4. The third-order valence-electron chi connectivity index (χ3n) is 5.05. The van der Waals surface area contributed by atoms with E-state index in [-0.39, 0.29) is 17.6 Å². The van der Waals surface area contributed by atoms with Gasteiger partial charge in [0.1, 0.15) is 10.8 Å². The van der Waals surface area contributed by atoms with Crippen molar-refractivity contribution in [3.05, 3.63) is 77.6 Å². The third-order valence-corrected chi connectivity index (χ3v) is 5.97. The molecule has 2 aromatic carbocycles. The summed E-state index contributed by atoms with van der Waals surface area (Å²) in [7, 11) is 0. The molecule has 0 spiro atoms. The van der Waals surface area contributed by atoms with Crippen LogP contribution in [0, 0.1) is 6.92 Å². The van der Waals surface area contributed by atoms with Crippen LogP contribution in [0.3, 0.4) is 0 Å². The van der Waals surface area contributed by atoms with Crippen LogP contribution in [0.15, 0.2) is 65.7 Å². The van der Waals surface area contributed by atoms with Crippen LogP contribution in [-0.4, -0.2) is 50.5 Å². The third kappa shape index (κ3) is 6.57. The fourth-order valence-electron chi connectivity index (χ4n) is 3.28. The predicted molar refractivity (Wildman–Crippen MR) is 135 cm³/mol. The molecule has 0 bridgehead atoms. The summed E-state index contributed by atoms with van der Waals surface area (Å²) in [5, 5.41) is 19.3. The lowest BCUT2D eigenvalue weighted by molar-refractivity contribution is -0.113. The van der Waals surface area contributed by atoms with Gasteiger partial charge in [-0.25, -0.2) is 0 Å². The van der Waals surface area contributed by atoms with Crippen molar-refractivity contribution < 1.29 is 14.3 Å². The van der Waals surface area contributed by atoms with Crippen LogP contribution in [-0.2, 0) is 11.2 Å². The van der Waals surface area contributed by atoms with Gasteiger partial charge in [0.2, 0.25) is 5.91 Å². The smallest absolute Gasteiger partial charge is 0.251 e. The highest BCUT2D eigenvalue weighted by Crippen LogP contribution is 2.18. The molecule has 10 heteroatoms. The van der Waals surface area contributed by atoms with Gasteiger partial charge in [0.05, 0.1) is 12.4 Å². The lowest BCUT2D eigenvalue weighted by atomic mass is 10.1. The standard InChI is InChI=1S/C25H26N6O3S/c1-3-34-20-10-8-19(9-11-20)27-23(32)16-35-24-13-12-21-28-29-22(31(21)30-24)14-15-26-25(33)18-6-4-17(2)5-7-18/h4-13H,3,14-16H2,1-2H3,(H,26,33)(H,27,32). The number of aryl methyl sites for hydroxylation is 1. The minimum absolute atomic E-state index is 0.135. The number of nitrogens with one attached hydrogen (secondary N) is 2. The van der Waals surface area contributed by atoms with Gasteiger partial charge in [-0.1, -0.05) is 29.5 Å². The summed E-state index contributed by atoms with van der Waals surface area (Å²) >= 11 is 1.32. The highest BCUT2D eigenvalue weighted by Gasteiger charge is 2.11. The molecule has 0 unspecified atom stereocenters. The van der Waals surface area contributed by atoms with Gasteiger partial charge in [-0.2, -0.15) is 9.61 Å². The average molecular weight is 491 g/mol. The zero-order valence-corrected chi connectivity index (χ0v) is 20.3. The monoisotopic (exact) mass is 490 g/mol. The molecule has 35 heavy (non-hydrogen) atoms. The molecule has 0 aliphatic rings. The number of fused-ring (bicyclic) bond motifs is 1. The Morgan fingerprint density at radius 2 is 1.77 bits per heavy atom. The highest BCUT2D eigenvalue weighted by atomic mass is 32.2. The van der Waals surface area contributed by atoms with Crippen LogP contribution >= 0.6 is 11.8 Å². The van der Waals surface area contributed by atoms with Crippen molar-refractivity contribution in [2.45, 2.75) is 25.3 Å². The van der Waals surface area contributed by atoms with Gasteiger partial charge in [-0.3, -0.25) is 9.59 Å². The first-order chi connectivity index (χ1) is 17.0. The molecule has 0 fully saturated rings. The lowest BCUT2D eigenvalue weighted by Crippen LogP contribution is -2.26. The van der Waals surface area contributed by atoms with Gasteiger partial charge in [0, 0.05) is 24.2 Å². The molecule has 2 aromatic heterocycles. The summed E-state index contributed by atoms with van der Waals surface area (Å²) in [5.41, 5.74) is 3.02. The molecule has 180 valence electrons. The summed E-state index contributed by atoms with van der Waals surface area (Å²) in [6.45, 7) is 4.89. The molecular formula is C25H26N6O3S. The summed E-state index contributed by atoms with van der Waals surface area (Å²) in [6.07, 6.45) is 0.470. The van der Waals surface area contributed by atoms with Crippen molar-refractivity contribution in [2.75, 3.05) is 24.2 Å².